The second-order valence-electron chi connectivity index (χ2n) is 6.08. The van der Waals surface area contributed by atoms with Crippen LogP contribution in [0.25, 0.3) is 0 Å². The van der Waals surface area contributed by atoms with E-state index in [2.05, 4.69) is 28.3 Å². The van der Waals surface area contributed by atoms with Gasteiger partial charge in [-0.1, -0.05) is 11.6 Å². The van der Waals surface area contributed by atoms with Crippen molar-refractivity contribution in [1.82, 2.24) is 14.5 Å². The average molecular weight is 284 g/mol. The smallest absolute Gasteiger partial charge is 0.150 e. The fourth-order valence-corrected chi connectivity index (χ4v) is 3.57. The summed E-state index contributed by atoms with van der Waals surface area (Å²) in [6, 6.07) is 0.595. The molecule has 0 bridgehead atoms. The molecule has 1 saturated heterocycles. The molecule has 2 aliphatic heterocycles. The van der Waals surface area contributed by atoms with E-state index in [1.807, 2.05) is 0 Å². The summed E-state index contributed by atoms with van der Waals surface area (Å²) in [5.74, 6) is 1.62. The number of aromatic nitrogens is 2. The van der Waals surface area contributed by atoms with Crippen molar-refractivity contribution in [2.75, 3.05) is 13.1 Å². The predicted molar refractivity (Wildman–Crippen MR) is 75.6 cm³/mol. The first-order valence-corrected chi connectivity index (χ1v) is 7.61. The molecule has 1 aromatic heterocycles. The summed E-state index contributed by atoms with van der Waals surface area (Å²) in [5, 5.41) is 10.4. The SMILES string of the molecule is CC(C)N1CCC(c2nc(Cl)c3n2CCC(O)C3)C1. The molecular formula is C14H22ClN3O. The summed E-state index contributed by atoms with van der Waals surface area (Å²) < 4.78 is 2.25. The van der Waals surface area contributed by atoms with Crippen LogP contribution in [0.4, 0.5) is 0 Å². The molecule has 3 rings (SSSR count). The summed E-state index contributed by atoms with van der Waals surface area (Å²) in [6.07, 6.45) is 2.36. The highest BCUT2D eigenvalue weighted by molar-refractivity contribution is 6.30. The van der Waals surface area contributed by atoms with Crippen LogP contribution in [-0.2, 0) is 13.0 Å². The molecular weight excluding hydrogens is 262 g/mol. The van der Waals surface area contributed by atoms with E-state index in [4.69, 9.17) is 11.6 Å². The van der Waals surface area contributed by atoms with Crippen LogP contribution in [0.15, 0.2) is 0 Å². The Balaban J connectivity index is 1.85. The summed E-state index contributed by atoms with van der Waals surface area (Å²) in [6.45, 7) is 7.56. The van der Waals surface area contributed by atoms with Gasteiger partial charge >= 0.3 is 0 Å². The van der Waals surface area contributed by atoms with Gasteiger partial charge in [-0.25, -0.2) is 4.98 Å². The topological polar surface area (TPSA) is 41.3 Å². The minimum atomic E-state index is -0.259. The summed E-state index contributed by atoms with van der Waals surface area (Å²) in [4.78, 5) is 7.09. The molecule has 4 nitrogen and oxygen atoms in total. The molecule has 1 fully saturated rings. The van der Waals surface area contributed by atoms with Crippen molar-refractivity contribution in [3.8, 4) is 0 Å². The van der Waals surface area contributed by atoms with Crippen molar-refractivity contribution in [3.63, 3.8) is 0 Å². The average Bonchev–Trinajstić information content (AvgIpc) is 2.95. The van der Waals surface area contributed by atoms with Crippen LogP contribution in [0.2, 0.25) is 5.15 Å². The molecule has 19 heavy (non-hydrogen) atoms. The lowest BCUT2D eigenvalue weighted by Crippen LogP contribution is -2.29. The number of nitrogens with zero attached hydrogens (tertiary/aromatic N) is 3. The zero-order valence-corrected chi connectivity index (χ0v) is 12.4. The van der Waals surface area contributed by atoms with Gasteiger partial charge in [-0.15, -0.1) is 0 Å². The van der Waals surface area contributed by atoms with E-state index in [0.717, 1.165) is 44.0 Å². The standard InChI is InChI=1S/C14H22ClN3O/c1-9(2)17-5-3-10(8-17)14-16-13(15)12-7-11(19)4-6-18(12)14/h9-11,19H,3-8H2,1-2H3. The fourth-order valence-electron chi connectivity index (χ4n) is 3.30. The zero-order chi connectivity index (χ0) is 13.6. The summed E-state index contributed by atoms with van der Waals surface area (Å²) >= 11 is 6.25. The van der Waals surface area contributed by atoms with Gasteiger partial charge in [0.25, 0.3) is 0 Å². The maximum atomic E-state index is 9.76. The molecule has 0 saturated carbocycles. The van der Waals surface area contributed by atoms with E-state index in [1.165, 1.54) is 0 Å². The van der Waals surface area contributed by atoms with Crippen molar-refractivity contribution in [1.29, 1.82) is 0 Å². The monoisotopic (exact) mass is 283 g/mol. The fraction of sp³-hybridized carbons (Fsp3) is 0.786. The highest BCUT2D eigenvalue weighted by atomic mass is 35.5. The Morgan fingerprint density at radius 3 is 2.79 bits per heavy atom. The van der Waals surface area contributed by atoms with Gasteiger partial charge in [0.1, 0.15) is 5.82 Å². The maximum absolute atomic E-state index is 9.76. The Labute approximate surface area is 119 Å². The van der Waals surface area contributed by atoms with Crippen LogP contribution in [0, 0.1) is 0 Å². The molecule has 106 valence electrons. The van der Waals surface area contributed by atoms with Crippen LogP contribution in [0.3, 0.4) is 0 Å². The van der Waals surface area contributed by atoms with E-state index in [1.54, 1.807) is 0 Å². The van der Waals surface area contributed by atoms with Gasteiger partial charge in [0.05, 0.1) is 11.8 Å². The molecule has 5 heteroatoms. The van der Waals surface area contributed by atoms with E-state index in [-0.39, 0.29) is 6.10 Å². The number of imidazole rings is 1. The van der Waals surface area contributed by atoms with Crippen LogP contribution < -0.4 is 0 Å². The third-order valence-corrected chi connectivity index (χ3v) is 4.79. The minimum Gasteiger partial charge on any atom is -0.393 e. The molecule has 1 aromatic rings. The molecule has 1 N–H and O–H groups in total. The molecule has 2 aliphatic rings. The Morgan fingerprint density at radius 2 is 2.11 bits per heavy atom. The second kappa shape index (κ2) is 5.08. The number of hydrogen-bond donors (Lipinski definition) is 1. The molecule has 0 amide bonds. The van der Waals surface area contributed by atoms with Crippen LogP contribution >= 0.6 is 11.6 Å². The third kappa shape index (κ3) is 2.41. The summed E-state index contributed by atoms with van der Waals surface area (Å²) in [7, 11) is 0. The lowest BCUT2D eigenvalue weighted by molar-refractivity contribution is 0.142. The first-order chi connectivity index (χ1) is 9.06. The number of hydrogen-bond acceptors (Lipinski definition) is 3. The highest BCUT2D eigenvalue weighted by Gasteiger charge is 2.32. The Hall–Kier alpha value is -0.580. The lowest BCUT2D eigenvalue weighted by Gasteiger charge is -2.23. The highest BCUT2D eigenvalue weighted by Crippen LogP contribution is 2.33. The van der Waals surface area contributed by atoms with E-state index in [9.17, 15) is 5.11 Å². The first kappa shape index (κ1) is 13.4. The van der Waals surface area contributed by atoms with Gasteiger partial charge in [0.15, 0.2) is 5.15 Å². The van der Waals surface area contributed by atoms with Gasteiger partial charge in [-0.3, -0.25) is 0 Å². The molecule has 0 spiro atoms. The van der Waals surface area contributed by atoms with E-state index in [0.29, 0.717) is 23.5 Å². The lowest BCUT2D eigenvalue weighted by atomic mass is 10.1. The summed E-state index contributed by atoms with van der Waals surface area (Å²) in [5.41, 5.74) is 1.03. The number of fused-ring (bicyclic) bond motifs is 1. The number of rotatable bonds is 2. The molecule has 0 aromatic carbocycles. The molecule has 3 heterocycles. The van der Waals surface area contributed by atoms with Gasteiger partial charge in [0, 0.05) is 31.5 Å². The van der Waals surface area contributed by atoms with Gasteiger partial charge in [0.2, 0.25) is 0 Å². The Kier molecular flexibility index (Phi) is 3.58. The molecule has 2 atom stereocenters. The normalized spacial score (nSPS) is 28.1. The van der Waals surface area contributed by atoms with Gasteiger partial charge in [-0.2, -0.15) is 0 Å². The largest absolute Gasteiger partial charge is 0.393 e. The number of halogens is 1. The maximum Gasteiger partial charge on any atom is 0.150 e. The van der Waals surface area contributed by atoms with Crippen LogP contribution in [0.5, 0.6) is 0 Å². The second-order valence-corrected chi connectivity index (χ2v) is 6.44. The van der Waals surface area contributed by atoms with Crippen LogP contribution in [-0.4, -0.2) is 44.8 Å². The quantitative estimate of drug-likeness (QED) is 0.903. The zero-order valence-electron chi connectivity index (χ0n) is 11.6. The minimum absolute atomic E-state index is 0.259. The van der Waals surface area contributed by atoms with Crippen molar-refractivity contribution in [2.45, 2.75) is 57.7 Å². The van der Waals surface area contributed by atoms with Crippen molar-refractivity contribution >= 4 is 11.6 Å². The van der Waals surface area contributed by atoms with Crippen LogP contribution in [0.1, 0.15) is 44.1 Å². The number of likely N-dealkylation sites (tertiary alicyclic amines) is 1. The molecule has 0 aliphatic carbocycles. The van der Waals surface area contributed by atoms with Gasteiger partial charge in [-0.05, 0) is 33.2 Å². The van der Waals surface area contributed by atoms with Crippen molar-refractivity contribution < 1.29 is 5.11 Å². The van der Waals surface area contributed by atoms with Crippen molar-refractivity contribution in [2.24, 2.45) is 0 Å². The van der Waals surface area contributed by atoms with Gasteiger partial charge < -0.3 is 14.6 Å². The number of aliphatic hydroxyl groups excluding tert-OH is 1. The van der Waals surface area contributed by atoms with E-state index < -0.39 is 0 Å². The number of aliphatic hydroxyl groups is 1. The van der Waals surface area contributed by atoms with E-state index >= 15 is 0 Å². The first-order valence-electron chi connectivity index (χ1n) is 7.23. The molecule has 2 unspecified atom stereocenters. The Bertz CT molecular complexity index is 472. The Morgan fingerprint density at radius 1 is 1.32 bits per heavy atom. The predicted octanol–water partition coefficient (Wildman–Crippen LogP) is 2.04. The third-order valence-electron chi connectivity index (χ3n) is 4.48. The van der Waals surface area contributed by atoms with Crippen molar-refractivity contribution in [3.05, 3.63) is 16.7 Å². The molecule has 0 radical (unpaired) electrons.